The molecule has 2 saturated heterocycles. The Bertz CT molecular complexity index is 2870. The first-order chi connectivity index (χ1) is 41.9. The quantitative estimate of drug-likeness (QED) is 0.00724. The van der Waals surface area contributed by atoms with E-state index in [0.29, 0.717) is 24.5 Å². The van der Waals surface area contributed by atoms with Gasteiger partial charge in [0.1, 0.15) is 96.9 Å². The number of halogens is 5. The van der Waals surface area contributed by atoms with Gasteiger partial charge in [-0.2, -0.15) is 9.97 Å². The molecule has 6 heterocycles. The lowest BCUT2D eigenvalue weighted by molar-refractivity contribution is -0.402. The zero-order chi connectivity index (χ0) is 67.4. The molecule has 0 bridgehead atoms. The minimum Gasteiger partial charge on any atom is -0.464 e. The van der Waals surface area contributed by atoms with Crippen LogP contribution in [0.5, 0.6) is 0 Å². The standard InChI is InChI=1S/C23H31ClN5O12P.C13H17N3O7.C6H13Cl.C6H8O2.C4H10O.Cl3P.H2O/c1-3-12-37-23(33)26-17-8-11-28(22(32)25-17)21-20(31)19(30)16(41-21)14-39-42(36,27(2)10-5-4-9-24)38-13-15-6-7-18(40-15)29(34)35;1-2-5-22-13(21)15-8-3-4-16(12(20)14-8)11-10(19)9(18)7(6-17)23-11;1-2-3-4-5-6-7;1-5-2-3-6(4-7)8-5;1-4(2,3)5;1-4(2)3;/h3,6-8,11,16,19-21,30-31H,1,4-5,9-10,12-14H2,2H3,(H,25,26,32,33);2-4,7,9-11,17-19H,1,5-6H2,(H,14,15,20,21);2-6H2,1H3;2-3,7H,4H2,1H3;5H,1-3H3;;1H2. The van der Waals surface area contributed by atoms with Crippen molar-refractivity contribution in [2.45, 2.75) is 141 Å². The molecule has 0 spiro atoms. The molecule has 11 N–H and O–H groups in total. The number of carbonyl (C=O) groups is 2. The van der Waals surface area contributed by atoms with Crippen LogP contribution < -0.4 is 22.0 Å². The summed E-state index contributed by atoms with van der Waals surface area (Å²) in [6.45, 7) is 14.8. The minimum absolute atomic E-state index is 0. The van der Waals surface area contributed by atoms with Gasteiger partial charge in [-0.1, -0.05) is 85.2 Å². The Balaban J connectivity index is 0.00000136. The third-order valence-corrected chi connectivity index (χ3v) is 13.5. The molecule has 0 saturated carbocycles. The van der Waals surface area contributed by atoms with E-state index in [4.69, 9.17) is 104 Å². The molecular weight excluding hydrogens is 1340 g/mol. The number of nitrogens with zero attached hydrogens (tertiary/aromatic N) is 6. The Morgan fingerprint density at radius 1 is 0.789 bits per heavy atom. The number of nitro groups is 1. The Morgan fingerprint density at radius 3 is 1.63 bits per heavy atom. The summed E-state index contributed by atoms with van der Waals surface area (Å²) in [6.07, 6.45) is -0.999. The van der Waals surface area contributed by atoms with Crippen LogP contribution in [0, 0.1) is 17.0 Å². The monoisotopic (exact) mass is 1420 g/mol. The fourth-order valence-electron chi connectivity index (χ4n) is 6.85. The summed E-state index contributed by atoms with van der Waals surface area (Å²) in [5.74, 6) is 0.792. The number of aromatic nitrogens is 4. The Hall–Kier alpha value is -4.67. The second-order valence-corrected chi connectivity index (χ2v) is 27.3. The van der Waals surface area contributed by atoms with Crippen molar-refractivity contribution in [1.29, 1.82) is 0 Å². The number of aliphatic hydroxyl groups is 7. The first-order valence-electron chi connectivity index (χ1n) is 27.0. The lowest BCUT2D eigenvalue weighted by Crippen LogP contribution is -2.36. The summed E-state index contributed by atoms with van der Waals surface area (Å²) < 4.78 is 58.3. The number of alkyl halides is 2. The number of unbranched alkanes of at least 4 members (excludes halogenated alkanes) is 4. The highest BCUT2D eigenvalue weighted by molar-refractivity contribution is 8.20. The van der Waals surface area contributed by atoms with Crippen LogP contribution in [0.25, 0.3) is 0 Å². The van der Waals surface area contributed by atoms with E-state index in [9.17, 15) is 54.3 Å². The number of aryl methyl sites for hydroxylation is 1. The van der Waals surface area contributed by atoms with Crippen molar-refractivity contribution >= 4 is 100 Å². The molecule has 0 aromatic carbocycles. The summed E-state index contributed by atoms with van der Waals surface area (Å²) in [5, 5.41) is 82.2. The highest BCUT2D eigenvalue weighted by atomic mass is 36.0. The molecular formula is C52H81Cl5N8O23P2. The first-order valence-corrected chi connectivity index (χ1v) is 33.6. The van der Waals surface area contributed by atoms with E-state index >= 15 is 0 Å². The van der Waals surface area contributed by atoms with Crippen molar-refractivity contribution in [2.24, 2.45) is 0 Å². The highest BCUT2D eigenvalue weighted by Gasteiger charge is 2.46. The van der Waals surface area contributed by atoms with Crippen LogP contribution in [-0.4, -0.2) is 176 Å². The van der Waals surface area contributed by atoms with E-state index in [0.717, 1.165) is 26.8 Å². The van der Waals surface area contributed by atoms with Crippen molar-refractivity contribution in [1.82, 2.24) is 23.8 Å². The molecule has 38 heteroatoms. The molecule has 0 radical (unpaired) electrons. The number of carbonyl (C=O) groups excluding carboxylic acids is 2. The average molecular weight is 1430 g/mol. The van der Waals surface area contributed by atoms with Gasteiger partial charge in [0.25, 0.3) is 0 Å². The predicted molar refractivity (Wildman–Crippen MR) is 337 cm³/mol. The Kier molecular flexibility index (Phi) is 43.2. The van der Waals surface area contributed by atoms with E-state index in [1.54, 1.807) is 26.8 Å². The molecule has 9 atom stereocenters. The number of furan rings is 2. The van der Waals surface area contributed by atoms with Crippen LogP contribution in [0.4, 0.5) is 27.1 Å². The van der Waals surface area contributed by atoms with Gasteiger partial charge >= 0.3 is 37.2 Å². The maximum Gasteiger partial charge on any atom is 0.433 e. The zero-order valence-corrected chi connectivity index (χ0v) is 55.7. The normalized spacial score (nSPS) is 19.6. The number of aliphatic hydroxyl groups excluding tert-OH is 6. The largest absolute Gasteiger partial charge is 0.464 e. The van der Waals surface area contributed by atoms with Crippen molar-refractivity contribution in [3.63, 3.8) is 0 Å². The molecule has 4 aromatic rings. The van der Waals surface area contributed by atoms with Gasteiger partial charge < -0.3 is 69.0 Å². The molecule has 0 aliphatic carbocycles. The number of amides is 2. The average Bonchev–Trinajstić information content (AvgIpc) is 2.09. The lowest BCUT2D eigenvalue weighted by Gasteiger charge is -2.28. The fourth-order valence-corrected chi connectivity index (χ4v) is 8.71. The van der Waals surface area contributed by atoms with E-state index in [1.165, 1.54) is 80.1 Å². The lowest BCUT2D eigenvalue weighted by atomic mass is 10.1. The molecule has 31 nitrogen and oxygen atoms in total. The van der Waals surface area contributed by atoms with Crippen molar-refractivity contribution in [3.05, 3.63) is 122 Å². The summed E-state index contributed by atoms with van der Waals surface area (Å²) in [7, 11) is -2.64. The Morgan fingerprint density at radius 2 is 1.26 bits per heavy atom. The molecule has 2 aliphatic rings. The molecule has 2 aliphatic heterocycles. The van der Waals surface area contributed by atoms with Gasteiger partial charge in [0.05, 0.1) is 24.9 Å². The molecule has 90 heavy (non-hydrogen) atoms. The zero-order valence-electron chi connectivity index (χ0n) is 50.1. The van der Waals surface area contributed by atoms with Gasteiger partial charge in [-0.05, 0) is 84.3 Å². The second-order valence-electron chi connectivity index (χ2n) is 19.4. The van der Waals surface area contributed by atoms with E-state index < -0.39 is 123 Å². The summed E-state index contributed by atoms with van der Waals surface area (Å²) in [4.78, 5) is 65.0. The van der Waals surface area contributed by atoms with Gasteiger partial charge in [0.2, 0.25) is 0 Å². The molecule has 512 valence electrons. The van der Waals surface area contributed by atoms with E-state index in [-0.39, 0.29) is 49.2 Å². The molecule has 4 aromatic heterocycles. The maximum atomic E-state index is 13.7. The molecule has 9 unspecified atom stereocenters. The number of hydrogen-bond acceptors (Lipinski definition) is 24. The van der Waals surface area contributed by atoms with Gasteiger partial charge in [-0.15, -0.1) is 23.2 Å². The third-order valence-electron chi connectivity index (χ3n) is 11.0. The topological polar surface area (TPSA) is 446 Å². The fraction of sp³-hybridized carbons (Fsp3) is 0.577. The molecule has 2 fully saturated rings. The predicted octanol–water partition coefficient (Wildman–Crippen LogP) is 7.75. The van der Waals surface area contributed by atoms with Crippen LogP contribution >= 0.6 is 70.7 Å². The summed E-state index contributed by atoms with van der Waals surface area (Å²) in [5.41, 5.74) is -2.24. The van der Waals surface area contributed by atoms with E-state index in [1.807, 2.05) is 13.0 Å². The first kappa shape index (κ1) is 85.3. The smallest absolute Gasteiger partial charge is 0.433 e. The van der Waals surface area contributed by atoms with Crippen LogP contribution in [-0.2, 0) is 45.8 Å². The minimum atomic E-state index is -4.11. The number of nitrogens with one attached hydrogen (secondary N) is 2. The van der Waals surface area contributed by atoms with Crippen LogP contribution in [0.15, 0.2) is 92.5 Å². The van der Waals surface area contributed by atoms with E-state index in [2.05, 4.69) is 45.4 Å². The van der Waals surface area contributed by atoms with Crippen molar-refractivity contribution < 1.29 is 97.1 Å². The van der Waals surface area contributed by atoms with Crippen LogP contribution in [0.1, 0.15) is 96.0 Å². The van der Waals surface area contributed by atoms with Crippen molar-refractivity contribution in [2.75, 3.05) is 62.4 Å². The SMILES string of the molecule is C=CCOC(=O)Nc1ccn(C2OC(CO)C(O)C2O)c(=O)n1.C=CCOC(=O)Nc1ccn(C2OC(COP(=O)(OCc3ccc([N+](=O)[O-])o3)N(C)CCCCCl)C(O)C2O)c(=O)n1.CC(C)(C)O.CCCCCCCl.Cc1ccc(CO)o1.ClP(Cl)Cl.O. The number of ether oxygens (including phenoxy) is 4. The number of rotatable bonds is 26. The Labute approximate surface area is 544 Å². The summed E-state index contributed by atoms with van der Waals surface area (Å²) in [6, 6.07) is 8.54. The number of anilines is 2. The number of hydrogen-bond donors (Lipinski definition) is 9. The van der Waals surface area contributed by atoms with Crippen molar-refractivity contribution in [3.8, 4) is 0 Å². The highest BCUT2D eigenvalue weighted by Crippen LogP contribution is 2.53. The van der Waals surface area contributed by atoms with Gasteiger partial charge in [-0.25, -0.2) is 28.4 Å². The third kappa shape index (κ3) is 33.3. The summed E-state index contributed by atoms with van der Waals surface area (Å²) >= 11 is 25.8. The van der Waals surface area contributed by atoms with Gasteiger partial charge in [0.15, 0.2) is 18.4 Å². The van der Waals surface area contributed by atoms with Gasteiger partial charge in [0, 0.05) is 30.7 Å². The van der Waals surface area contributed by atoms with Crippen LogP contribution in [0.2, 0.25) is 0 Å². The van der Waals surface area contributed by atoms with Gasteiger partial charge in [-0.3, -0.25) is 38.9 Å². The second kappa shape index (κ2) is 45.6. The molecule has 2 amide bonds. The molecule has 6 rings (SSSR count). The maximum absolute atomic E-state index is 13.7. The van der Waals surface area contributed by atoms with Crippen LogP contribution in [0.3, 0.4) is 0 Å².